The van der Waals surface area contributed by atoms with Gasteiger partial charge in [0.1, 0.15) is 11.3 Å². The zero-order valence-electron chi connectivity index (χ0n) is 13.0. The summed E-state index contributed by atoms with van der Waals surface area (Å²) in [6, 6.07) is 11.3. The van der Waals surface area contributed by atoms with Gasteiger partial charge in [-0.25, -0.2) is 4.79 Å². The van der Waals surface area contributed by atoms with Gasteiger partial charge in [-0.2, -0.15) is 5.10 Å². The predicted molar refractivity (Wildman–Crippen MR) is 85.0 cm³/mol. The van der Waals surface area contributed by atoms with Crippen LogP contribution in [0.4, 0.5) is 0 Å². The molecule has 2 amide bonds. The number of amides is 2. The zero-order valence-corrected chi connectivity index (χ0v) is 13.0. The molecule has 0 saturated heterocycles. The summed E-state index contributed by atoms with van der Waals surface area (Å²) in [6.07, 6.45) is 0. The van der Waals surface area contributed by atoms with Crippen molar-refractivity contribution in [3.63, 3.8) is 0 Å². The number of nitrogens with zero attached hydrogens (tertiary/aromatic N) is 2. The maximum absolute atomic E-state index is 12.4. The molecule has 2 aromatic carbocycles. The third kappa shape index (κ3) is 2.15. The Morgan fingerprint density at radius 1 is 1.04 bits per heavy atom. The Labute approximate surface area is 140 Å². The lowest BCUT2D eigenvalue weighted by Gasteiger charge is -2.11. The second-order valence-electron chi connectivity index (χ2n) is 5.28. The Hall–Kier alpha value is -3.68. The number of ether oxygens (including phenoxy) is 1. The molecular formula is C17H11N3O5. The van der Waals surface area contributed by atoms with E-state index in [1.54, 1.807) is 30.3 Å². The van der Waals surface area contributed by atoms with Crippen LogP contribution in [-0.4, -0.2) is 40.2 Å². The SMILES string of the molecule is COc1cccc2c(C(=O)ON3C(=O)c4ccccc4C3=O)[nH]nc12. The molecule has 4 rings (SSSR count). The van der Waals surface area contributed by atoms with Crippen LogP contribution < -0.4 is 4.74 Å². The predicted octanol–water partition coefficient (Wildman–Crippen LogP) is 1.94. The van der Waals surface area contributed by atoms with Crippen molar-refractivity contribution < 1.29 is 24.0 Å². The van der Waals surface area contributed by atoms with Gasteiger partial charge in [-0.05, 0) is 18.2 Å². The number of methoxy groups -OCH3 is 1. The maximum Gasteiger partial charge on any atom is 0.382 e. The fraction of sp³-hybridized carbons (Fsp3) is 0.0588. The van der Waals surface area contributed by atoms with Gasteiger partial charge in [0.05, 0.1) is 18.2 Å². The van der Waals surface area contributed by atoms with E-state index in [0.717, 1.165) is 0 Å². The van der Waals surface area contributed by atoms with Gasteiger partial charge in [-0.3, -0.25) is 14.7 Å². The van der Waals surface area contributed by atoms with Crippen molar-refractivity contribution in [1.29, 1.82) is 0 Å². The Balaban J connectivity index is 1.66. The van der Waals surface area contributed by atoms with E-state index < -0.39 is 17.8 Å². The Kier molecular flexibility index (Phi) is 3.24. The summed E-state index contributed by atoms with van der Waals surface area (Å²) in [7, 11) is 1.49. The Bertz CT molecular complexity index is 1000. The Morgan fingerprint density at radius 3 is 2.36 bits per heavy atom. The van der Waals surface area contributed by atoms with Crippen LogP contribution in [0.2, 0.25) is 0 Å². The molecule has 0 bridgehead atoms. The summed E-state index contributed by atoms with van der Waals surface area (Å²) in [6.45, 7) is 0. The summed E-state index contributed by atoms with van der Waals surface area (Å²) >= 11 is 0. The van der Waals surface area contributed by atoms with Gasteiger partial charge in [0.25, 0.3) is 11.8 Å². The van der Waals surface area contributed by atoms with Crippen molar-refractivity contribution in [2.24, 2.45) is 0 Å². The number of benzene rings is 2. The first kappa shape index (κ1) is 14.9. The minimum atomic E-state index is -0.898. The number of para-hydroxylation sites is 1. The first-order valence-electron chi connectivity index (χ1n) is 7.33. The number of rotatable bonds is 3. The lowest BCUT2D eigenvalue weighted by molar-refractivity contribution is -0.0587. The van der Waals surface area contributed by atoms with E-state index in [9.17, 15) is 14.4 Å². The zero-order chi connectivity index (χ0) is 17.6. The average Bonchev–Trinajstić information content (AvgIpc) is 3.17. The third-order valence-corrected chi connectivity index (χ3v) is 3.90. The largest absolute Gasteiger partial charge is 0.494 e. The van der Waals surface area contributed by atoms with Crippen LogP contribution in [-0.2, 0) is 4.84 Å². The van der Waals surface area contributed by atoms with Crippen molar-refractivity contribution in [1.82, 2.24) is 15.3 Å². The first-order chi connectivity index (χ1) is 12.1. The molecule has 0 atom stereocenters. The molecule has 0 saturated carbocycles. The molecule has 1 aliphatic rings. The van der Waals surface area contributed by atoms with Crippen LogP contribution in [0.15, 0.2) is 42.5 Å². The highest BCUT2D eigenvalue weighted by Crippen LogP contribution is 2.27. The molecule has 124 valence electrons. The number of aromatic amines is 1. The molecule has 0 radical (unpaired) electrons. The topological polar surface area (TPSA) is 102 Å². The molecule has 1 aliphatic heterocycles. The number of aromatic nitrogens is 2. The normalized spacial score (nSPS) is 13.2. The summed E-state index contributed by atoms with van der Waals surface area (Å²) in [5.74, 6) is -1.79. The van der Waals surface area contributed by atoms with Crippen molar-refractivity contribution in [3.05, 3.63) is 59.3 Å². The minimum absolute atomic E-state index is 0.0189. The quantitative estimate of drug-likeness (QED) is 0.733. The number of hydrogen-bond donors (Lipinski definition) is 1. The number of carbonyl (C=O) groups is 3. The van der Waals surface area contributed by atoms with Gasteiger partial charge in [0.2, 0.25) is 0 Å². The number of imide groups is 1. The molecule has 8 heteroatoms. The molecule has 25 heavy (non-hydrogen) atoms. The highest BCUT2D eigenvalue weighted by atomic mass is 16.7. The van der Waals surface area contributed by atoms with Crippen molar-refractivity contribution in [3.8, 4) is 5.75 Å². The van der Waals surface area contributed by atoms with Gasteiger partial charge in [0.15, 0.2) is 5.69 Å². The summed E-state index contributed by atoms with van der Waals surface area (Å²) < 4.78 is 5.18. The Morgan fingerprint density at radius 2 is 1.72 bits per heavy atom. The number of hydrogen-bond acceptors (Lipinski definition) is 6. The minimum Gasteiger partial charge on any atom is -0.494 e. The fourth-order valence-corrected chi connectivity index (χ4v) is 2.71. The molecule has 2 heterocycles. The lowest BCUT2D eigenvalue weighted by atomic mass is 10.1. The van der Waals surface area contributed by atoms with Crippen LogP contribution in [0, 0.1) is 0 Å². The number of hydroxylamine groups is 2. The van der Waals surface area contributed by atoms with E-state index in [1.165, 1.54) is 19.2 Å². The van der Waals surface area contributed by atoms with Gasteiger partial charge >= 0.3 is 5.97 Å². The summed E-state index contributed by atoms with van der Waals surface area (Å²) in [4.78, 5) is 42.0. The van der Waals surface area contributed by atoms with E-state index in [-0.39, 0.29) is 16.8 Å². The molecule has 1 N–H and O–H groups in total. The molecule has 1 aromatic heterocycles. The van der Waals surface area contributed by atoms with Gasteiger partial charge in [-0.15, -0.1) is 0 Å². The first-order valence-corrected chi connectivity index (χ1v) is 7.33. The summed E-state index contributed by atoms with van der Waals surface area (Å²) in [5.41, 5.74) is 0.845. The average molecular weight is 337 g/mol. The lowest BCUT2D eigenvalue weighted by Crippen LogP contribution is -2.32. The highest BCUT2D eigenvalue weighted by Gasteiger charge is 2.39. The number of fused-ring (bicyclic) bond motifs is 2. The van der Waals surface area contributed by atoms with Gasteiger partial charge in [-0.1, -0.05) is 29.3 Å². The monoisotopic (exact) mass is 337 g/mol. The fourth-order valence-electron chi connectivity index (χ4n) is 2.71. The van der Waals surface area contributed by atoms with E-state index >= 15 is 0 Å². The van der Waals surface area contributed by atoms with Crippen molar-refractivity contribution in [2.75, 3.05) is 7.11 Å². The number of carbonyl (C=O) groups excluding carboxylic acids is 3. The summed E-state index contributed by atoms with van der Waals surface area (Å²) in [5, 5.41) is 7.50. The molecule has 0 spiro atoms. The van der Waals surface area contributed by atoms with Gasteiger partial charge in [0, 0.05) is 5.39 Å². The molecule has 0 fully saturated rings. The smallest absolute Gasteiger partial charge is 0.382 e. The van der Waals surface area contributed by atoms with Crippen LogP contribution >= 0.6 is 0 Å². The highest BCUT2D eigenvalue weighted by molar-refractivity contribution is 6.21. The van der Waals surface area contributed by atoms with Crippen molar-refractivity contribution >= 4 is 28.7 Å². The molecule has 0 unspecified atom stereocenters. The van der Waals surface area contributed by atoms with E-state index in [4.69, 9.17) is 9.57 Å². The van der Waals surface area contributed by atoms with Gasteiger partial charge < -0.3 is 9.57 Å². The second kappa shape index (κ2) is 5.45. The molecule has 3 aromatic rings. The third-order valence-electron chi connectivity index (χ3n) is 3.90. The second-order valence-corrected chi connectivity index (χ2v) is 5.28. The van der Waals surface area contributed by atoms with E-state index in [0.29, 0.717) is 21.7 Å². The number of nitrogens with one attached hydrogen (secondary N) is 1. The van der Waals surface area contributed by atoms with Crippen LogP contribution in [0.3, 0.4) is 0 Å². The number of H-pyrrole nitrogens is 1. The van der Waals surface area contributed by atoms with Crippen molar-refractivity contribution in [2.45, 2.75) is 0 Å². The van der Waals surface area contributed by atoms with Crippen LogP contribution in [0.5, 0.6) is 5.75 Å². The molecule has 0 aliphatic carbocycles. The molecule has 8 nitrogen and oxygen atoms in total. The standard InChI is InChI=1S/C17H11N3O5/c1-24-12-8-4-7-11-13(12)18-19-14(11)17(23)25-20-15(21)9-5-2-3-6-10(9)16(20)22/h2-8H,1H3,(H,18,19). The van der Waals surface area contributed by atoms with Crippen LogP contribution in [0.1, 0.15) is 31.2 Å². The van der Waals surface area contributed by atoms with Crippen LogP contribution in [0.25, 0.3) is 10.9 Å². The van der Waals surface area contributed by atoms with E-state index in [2.05, 4.69) is 10.2 Å². The van der Waals surface area contributed by atoms with E-state index in [1.807, 2.05) is 0 Å². The molecular weight excluding hydrogens is 326 g/mol. The maximum atomic E-state index is 12.4.